The number of nitrogens with one attached hydrogen (secondary N) is 1. The highest BCUT2D eigenvalue weighted by Crippen LogP contribution is 2.42. The highest BCUT2D eigenvalue weighted by Gasteiger charge is 2.46. The van der Waals surface area contributed by atoms with Crippen LogP contribution in [-0.2, 0) is 25.0 Å². The van der Waals surface area contributed by atoms with E-state index in [1.807, 2.05) is 6.33 Å². The summed E-state index contributed by atoms with van der Waals surface area (Å²) in [7, 11) is 0. The average molecular weight is 371 g/mol. The third kappa shape index (κ3) is 3.34. The monoisotopic (exact) mass is 370 g/mol. The molecule has 2 aromatic rings. The molecule has 0 saturated carbocycles. The van der Waals surface area contributed by atoms with E-state index < -0.39 is 0 Å². The van der Waals surface area contributed by atoms with Crippen LogP contribution in [0.2, 0.25) is 0 Å². The molecule has 0 aromatic carbocycles. The van der Waals surface area contributed by atoms with Crippen LogP contribution >= 0.6 is 0 Å². The van der Waals surface area contributed by atoms with E-state index in [1.165, 1.54) is 35.5 Å². The van der Waals surface area contributed by atoms with E-state index >= 15 is 0 Å². The smallest absolute Gasteiger partial charge is 0.0926 e. The zero-order chi connectivity index (χ0) is 19.0. The van der Waals surface area contributed by atoms with Gasteiger partial charge in [0.2, 0.25) is 0 Å². The number of piperidine rings is 1. The van der Waals surface area contributed by atoms with E-state index in [9.17, 15) is 0 Å². The predicted molar refractivity (Wildman–Crippen MR) is 108 cm³/mol. The van der Waals surface area contributed by atoms with Gasteiger partial charge in [-0.15, -0.1) is 0 Å². The fraction of sp³-hybridized carbons (Fsp3) is 0.714. The van der Waals surface area contributed by atoms with Gasteiger partial charge in [-0.25, -0.2) is 4.98 Å². The number of fused-ring (bicyclic) bond motifs is 2. The minimum Gasteiger partial charge on any atom is -0.348 e. The molecule has 6 heteroatoms. The maximum Gasteiger partial charge on any atom is 0.0926 e. The Labute approximate surface area is 163 Å². The van der Waals surface area contributed by atoms with Gasteiger partial charge in [-0.05, 0) is 32.6 Å². The van der Waals surface area contributed by atoms with Crippen molar-refractivity contribution >= 4 is 0 Å². The van der Waals surface area contributed by atoms with Crippen LogP contribution in [0.1, 0.15) is 56.3 Å². The molecule has 1 N–H and O–H groups in total. The Kier molecular flexibility index (Phi) is 5.12. The Morgan fingerprint density at radius 3 is 2.67 bits per heavy atom. The number of nitrogens with zero attached hydrogens (tertiary/aromatic N) is 5. The van der Waals surface area contributed by atoms with Crippen LogP contribution in [0.25, 0.3) is 0 Å². The molecule has 0 amide bonds. The lowest BCUT2D eigenvalue weighted by molar-refractivity contribution is -0.00359. The summed E-state index contributed by atoms with van der Waals surface area (Å²) in [6, 6.07) is 0. The fourth-order valence-electron chi connectivity index (χ4n) is 5.06. The van der Waals surface area contributed by atoms with Gasteiger partial charge in [0.05, 0.1) is 23.8 Å². The number of hydrogen-bond acceptors (Lipinski definition) is 4. The number of H-pyrrole nitrogens is 1. The molecule has 148 valence electrons. The van der Waals surface area contributed by atoms with Crippen LogP contribution in [0.4, 0.5) is 0 Å². The number of hydrogen-bond donors (Lipinski definition) is 1. The molecule has 6 nitrogen and oxygen atoms in total. The van der Waals surface area contributed by atoms with E-state index in [2.05, 4.69) is 58.5 Å². The number of aromatic amines is 1. The van der Waals surface area contributed by atoms with Crippen molar-refractivity contribution < 1.29 is 0 Å². The second-order valence-corrected chi connectivity index (χ2v) is 8.70. The summed E-state index contributed by atoms with van der Waals surface area (Å²) < 4.78 is 2.10. The first-order chi connectivity index (χ1) is 13.0. The fourth-order valence-corrected chi connectivity index (χ4v) is 5.06. The molecule has 2 aliphatic rings. The molecule has 0 unspecified atom stereocenters. The zero-order valence-corrected chi connectivity index (χ0v) is 17.3. The molecule has 2 aliphatic heterocycles. The van der Waals surface area contributed by atoms with Gasteiger partial charge in [0.25, 0.3) is 0 Å². The van der Waals surface area contributed by atoms with Crippen molar-refractivity contribution in [2.45, 2.75) is 65.6 Å². The van der Waals surface area contributed by atoms with Crippen LogP contribution in [0.3, 0.4) is 0 Å². The summed E-state index contributed by atoms with van der Waals surface area (Å²) in [4.78, 5) is 13.5. The van der Waals surface area contributed by atoms with Crippen LogP contribution < -0.4 is 0 Å². The molecule has 4 heterocycles. The molecule has 0 bridgehead atoms. The quantitative estimate of drug-likeness (QED) is 0.879. The van der Waals surface area contributed by atoms with Crippen molar-refractivity contribution in [3.05, 3.63) is 35.2 Å². The van der Waals surface area contributed by atoms with Crippen LogP contribution in [-0.4, -0.2) is 55.7 Å². The molecule has 1 spiro atoms. The largest absolute Gasteiger partial charge is 0.348 e. The maximum atomic E-state index is 4.80. The SMILES string of the molecule is CCn1ncc(CN2CCC3(CC2)c2nc[nH]c2CCN3CC(C)C)c1C. The Morgan fingerprint density at radius 1 is 1.22 bits per heavy atom. The molecule has 0 atom stereocenters. The number of aromatic nitrogens is 4. The Balaban J connectivity index is 1.51. The van der Waals surface area contributed by atoms with Crippen LogP contribution in [0.15, 0.2) is 12.5 Å². The number of likely N-dealkylation sites (tertiary alicyclic amines) is 1. The van der Waals surface area contributed by atoms with E-state index in [1.54, 1.807) is 0 Å². The average Bonchev–Trinajstić information content (AvgIpc) is 3.27. The van der Waals surface area contributed by atoms with Crippen molar-refractivity contribution in [3.63, 3.8) is 0 Å². The third-order valence-electron chi connectivity index (χ3n) is 6.56. The van der Waals surface area contributed by atoms with Gasteiger partial charge in [-0.1, -0.05) is 13.8 Å². The Morgan fingerprint density at radius 2 is 2.00 bits per heavy atom. The highest BCUT2D eigenvalue weighted by atomic mass is 15.3. The molecular formula is C21H34N6. The Bertz CT molecular complexity index is 765. The lowest BCUT2D eigenvalue weighted by atomic mass is 9.78. The molecule has 27 heavy (non-hydrogen) atoms. The van der Waals surface area contributed by atoms with Gasteiger partial charge in [0, 0.05) is 62.6 Å². The normalized spacial score (nSPS) is 20.5. The maximum absolute atomic E-state index is 4.80. The summed E-state index contributed by atoms with van der Waals surface area (Å²) in [5.41, 5.74) is 5.49. The first-order valence-electron chi connectivity index (χ1n) is 10.5. The van der Waals surface area contributed by atoms with Gasteiger partial charge in [-0.2, -0.15) is 5.10 Å². The van der Waals surface area contributed by atoms with Crippen molar-refractivity contribution in [2.24, 2.45) is 5.92 Å². The zero-order valence-electron chi connectivity index (χ0n) is 17.3. The predicted octanol–water partition coefficient (Wildman–Crippen LogP) is 2.94. The van der Waals surface area contributed by atoms with Crippen LogP contribution in [0.5, 0.6) is 0 Å². The summed E-state index contributed by atoms with van der Waals surface area (Å²) in [5.74, 6) is 0.683. The first-order valence-corrected chi connectivity index (χ1v) is 10.5. The van der Waals surface area contributed by atoms with Gasteiger partial charge < -0.3 is 4.98 Å². The van der Waals surface area contributed by atoms with Crippen molar-refractivity contribution in [1.29, 1.82) is 0 Å². The van der Waals surface area contributed by atoms with Crippen molar-refractivity contribution in [1.82, 2.24) is 29.5 Å². The lowest BCUT2D eigenvalue weighted by Crippen LogP contribution is -2.57. The van der Waals surface area contributed by atoms with E-state index in [4.69, 9.17) is 4.98 Å². The standard InChI is InChI=1S/C21H34N6/c1-5-27-17(4)18(12-24-27)14-25-10-7-21(8-11-25)20-19(22-15-23-20)6-9-26(21)13-16(2)3/h12,15-16H,5-11,13-14H2,1-4H3,(H,22,23). The van der Waals surface area contributed by atoms with Crippen molar-refractivity contribution in [2.75, 3.05) is 26.2 Å². The minimum atomic E-state index is 0.122. The second kappa shape index (κ2) is 7.40. The van der Waals surface area contributed by atoms with Gasteiger partial charge in [-0.3, -0.25) is 14.5 Å². The second-order valence-electron chi connectivity index (χ2n) is 8.70. The van der Waals surface area contributed by atoms with Crippen molar-refractivity contribution in [3.8, 4) is 0 Å². The molecule has 0 aliphatic carbocycles. The first kappa shape index (κ1) is 18.7. The van der Waals surface area contributed by atoms with Gasteiger partial charge in [0.1, 0.15) is 0 Å². The summed E-state index contributed by atoms with van der Waals surface area (Å²) in [5, 5.41) is 4.52. The van der Waals surface area contributed by atoms with E-state index in [-0.39, 0.29) is 5.54 Å². The van der Waals surface area contributed by atoms with Gasteiger partial charge >= 0.3 is 0 Å². The summed E-state index contributed by atoms with van der Waals surface area (Å²) in [6.45, 7) is 15.5. The van der Waals surface area contributed by atoms with E-state index in [0.29, 0.717) is 5.92 Å². The minimum absolute atomic E-state index is 0.122. The molecule has 1 fully saturated rings. The molecule has 1 saturated heterocycles. The molecular weight excluding hydrogens is 336 g/mol. The molecule has 4 rings (SSSR count). The molecule has 2 aromatic heterocycles. The Hall–Kier alpha value is -1.66. The number of rotatable bonds is 5. The van der Waals surface area contributed by atoms with E-state index in [0.717, 1.165) is 45.7 Å². The summed E-state index contributed by atoms with van der Waals surface area (Å²) >= 11 is 0. The lowest BCUT2D eigenvalue weighted by Gasteiger charge is -2.51. The van der Waals surface area contributed by atoms with Gasteiger partial charge in [0.15, 0.2) is 0 Å². The number of imidazole rings is 1. The molecule has 0 radical (unpaired) electrons. The number of aryl methyl sites for hydroxylation is 1. The third-order valence-corrected chi connectivity index (χ3v) is 6.56. The highest BCUT2D eigenvalue weighted by molar-refractivity contribution is 5.27. The summed E-state index contributed by atoms with van der Waals surface area (Å²) in [6.07, 6.45) is 7.39. The topological polar surface area (TPSA) is 53.0 Å². The van der Waals surface area contributed by atoms with Crippen LogP contribution in [0, 0.1) is 12.8 Å².